The molecular weight excluding hydrogens is 240 g/mol. The smallest absolute Gasteiger partial charge is 0.261 e. The summed E-state index contributed by atoms with van der Waals surface area (Å²) in [7, 11) is 1.16. The first-order chi connectivity index (χ1) is 6.90. The van der Waals surface area contributed by atoms with E-state index in [-0.39, 0.29) is 22.6 Å². The molecule has 5 nitrogen and oxygen atoms in total. The molecule has 0 unspecified atom stereocenters. The predicted octanol–water partition coefficient (Wildman–Crippen LogP) is 0.650. The fourth-order valence-electron chi connectivity index (χ4n) is 1.09. The molecule has 0 atom stereocenters. The molecular formula is C8H7ClN2O3S. The fourth-order valence-corrected chi connectivity index (χ4v) is 1.89. The van der Waals surface area contributed by atoms with Crippen LogP contribution in [0.5, 0.6) is 5.75 Å². The quantitative estimate of drug-likeness (QED) is 0.746. The number of nitrogens with zero attached hydrogens (tertiary/aromatic N) is 1. The average molecular weight is 247 g/mol. The van der Waals surface area contributed by atoms with E-state index in [1.807, 2.05) is 0 Å². The Balaban J connectivity index is 3.54. The van der Waals surface area contributed by atoms with Crippen molar-refractivity contribution in [1.29, 1.82) is 5.26 Å². The molecule has 0 radical (unpaired) electrons. The summed E-state index contributed by atoms with van der Waals surface area (Å²) in [6.45, 7) is -0.0588. The Labute approximate surface area is 91.1 Å². The lowest BCUT2D eigenvalue weighted by atomic mass is 10.1. The Morgan fingerprint density at radius 1 is 1.53 bits per heavy atom. The first-order valence-electron chi connectivity index (χ1n) is 3.81. The monoisotopic (exact) mass is 246 g/mol. The molecule has 0 bridgehead atoms. The number of nitrogens with two attached hydrogens (primary N) is 1. The summed E-state index contributed by atoms with van der Waals surface area (Å²) in [4.78, 5) is -0.277. The van der Waals surface area contributed by atoms with Gasteiger partial charge in [0.05, 0.1) is 10.5 Å². The number of rotatable bonds is 2. The highest BCUT2D eigenvalue weighted by atomic mass is 35.7. The number of benzene rings is 1. The van der Waals surface area contributed by atoms with Gasteiger partial charge in [0.25, 0.3) is 9.05 Å². The van der Waals surface area contributed by atoms with Crippen LogP contribution in [0.3, 0.4) is 0 Å². The molecule has 0 amide bonds. The summed E-state index contributed by atoms with van der Waals surface area (Å²) >= 11 is 0. The highest BCUT2D eigenvalue weighted by molar-refractivity contribution is 8.13. The van der Waals surface area contributed by atoms with E-state index in [2.05, 4.69) is 0 Å². The zero-order valence-electron chi connectivity index (χ0n) is 7.44. The number of halogens is 1. The Hall–Kier alpha value is -1.29. The van der Waals surface area contributed by atoms with Crippen molar-refractivity contribution in [2.75, 3.05) is 0 Å². The van der Waals surface area contributed by atoms with Gasteiger partial charge in [0.1, 0.15) is 11.8 Å². The third-order valence-electron chi connectivity index (χ3n) is 1.79. The summed E-state index contributed by atoms with van der Waals surface area (Å²) in [5, 5.41) is 18.0. The van der Waals surface area contributed by atoms with Crippen LogP contribution in [0.1, 0.15) is 11.1 Å². The van der Waals surface area contributed by atoms with Gasteiger partial charge < -0.3 is 10.8 Å². The minimum atomic E-state index is -3.94. The van der Waals surface area contributed by atoms with Gasteiger partial charge in [-0.3, -0.25) is 0 Å². The number of phenols is 1. The van der Waals surface area contributed by atoms with Crippen LogP contribution in [0, 0.1) is 11.3 Å². The molecule has 0 aliphatic heterocycles. The van der Waals surface area contributed by atoms with Crippen LogP contribution >= 0.6 is 10.7 Å². The Bertz CT molecular complexity index is 534. The number of aromatic hydroxyl groups is 1. The summed E-state index contributed by atoms with van der Waals surface area (Å²) in [5.41, 5.74) is 5.50. The van der Waals surface area contributed by atoms with Crippen LogP contribution in [0.15, 0.2) is 17.0 Å². The standard InChI is InChI=1S/C8H7ClN2O3S/c9-15(13,14)6-1-5(3-10)7(4-11)8(12)2-6/h1-2,12H,3,10H2. The molecule has 0 aromatic heterocycles. The van der Waals surface area contributed by atoms with Crippen molar-refractivity contribution in [3.05, 3.63) is 23.3 Å². The topological polar surface area (TPSA) is 104 Å². The summed E-state index contributed by atoms with van der Waals surface area (Å²) in [6.07, 6.45) is 0. The van der Waals surface area contributed by atoms with Crippen LogP contribution in [-0.4, -0.2) is 13.5 Å². The van der Waals surface area contributed by atoms with Crippen LogP contribution < -0.4 is 5.73 Å². The third-order valence-corrected chi connectivity index (χ3v) is 3.12. The molecule has 1 aromatic carbocycles. The van der Waals surface area contributed by atoms with Gasteiger partial charge in [-0.25, -0.2) is 8.42 Å². The van der Waals surface area contributed by atoms with E-state index in [1.165, 1.54) is 6.07 Å². The number of phenolic OH excluding ortho intramolecular Hbond substituents is 1. The molecule has 0 aliphatic carbocycles. The molecule has 3 N–H and O–H groups in total. The number of hydrogen-bond donors (Lipinski definition) is 2. The molecule has 0 heterocycles. The molecule has 0 fully saturated rings. The molecule has 15 heavy (non-hydrogen) atoms. The van der Waals surface area contributed by atoms with Gasteiger partial charge >= 0.3 is 0 Å². The van der Waals surface area contributed by atoms with E-state index in [0.717, 1.165) is 6.07 Å². The zero-order chi connectivity index (χ0) is 11.6. The van der Waals surface area contributed by atoms with Crippen molar-refractivity contribution in [3.8, 4) is 11.8 Å². The van der Waals surface area contributed by atoms with Gasteiger partial charge in [0.2, 0.25) is 0 Å². The lowest BCUT2D eigenvalue weighted by Crippen LogP contribution is -2.02. The van der Waals surface area contributed by atoms with E-state index in [1.54, 1.807) is 6.07 Å². The van der Waals surface area contributed by atoms with Gasteiger partial charge in [-0.2, -0.15) is 5.26 Å². The van der Waals surface area contributed by atoms with Crippen LogP contribution in [-0.2, 0) is 15.6 Å². The second-order valence-corrected chi connectivity index (χ2v) is 5.30. The van der Waals surface area contributed by atoms with Gasteiger partial charge in [0, 0.05) is 23.3 Å². The third kappa shape index (κ3) is 2.39. The Kier molecular flexibility index (Phi) is 3.19. The normalized spacial score (nSPS) is 11.0. The second-order valence-electron chi connectivity index (χ2n) is 2.73. The zero-order valence-corrected chi connectivity index (χ0v) is 9.01. The molecule has 80 valence electrons. The molecule has 0 aliphatic rings. The van der Waals surface area contributed by atoms with Crippen LogP contribution in [0.2, 0.25) is 0 Å². The summed E-state index contributed by atoms with van der Waals surface area (Å²) in [5.74, 6) is -0.445. The van der Waals surface area contributed by atoms with E-state index in [4.69, 9.17) is 21.7 Å². The predicted molar refractivity (Wildman–Crippen MR) is 53.8 cm³/mol. The van der Waals surface area contributed by atoms with Gasteiger partial charge in [-0.15, -0.1) is 0 Å². The van der Waals surface area contributed by atoms with E-state index in [0.29, 0.717) is 0 Å². The summed E-state index contributed by atoms with van der Waals surface area (Å²) < 4.78 is 22.0. The van der Waals surface area contributed by atoms with Crippen LogP contribution in [0.4, 0.5) is 0 Å². The van der Waals surface area contributed by atoms with Crippen molar-refractivity contribution in [2.24, 2.45) is 5.73 Å². The molecule has 1 aromatic rings. The average Bonchev–Trinajstić information content (AvgIpc) is 2.15. The molecule has 0 saturated carbocycles. The van der Waals surface area contributed by atoms with Crippen molar-refractivity contribution >= 4 is 19.7 Å². The number of hydrogen-bond acceptors (Lipinski definition) is 5. The van der Waals surface area contributed by atoms with Crippen molar-refractivity contribution in [2.45, 2.75) is 11.4 Å². The minimum Gasteiger partial charge on any atom is -0.507 e. The van der Waals surface area contributed by atoms with Crippen LogP contribution in [0.25, 0.3) is 0 Å². The van der Waals surface area contributed by atoms with Crippen molar-refractivity contribution < 1.29 is 13.5 Å². The SMILES string of the molecule is N#Cc1c(O)cc(S(=O)(=O)Cl)cc1CN. The molecule has 1 rings (SSSR count). The maximum absolute atomic E-state index is 11.0. The van der Waals surface area contributed by atoms with Crippen molar-refractivity contribution in [3.63, 3.8) is 0 Å². The van der Waals surface area contributed by atoms with E-state index < -0.39 is 14.8 Å². The highest BCUT2D eigenvalue weighted by Crippen LogP contribution is 2.27. The molecule has 0 saturated heterocycles. The first-order valence-corrected chi connectivity index (χ1v) is 6.11. The first kappa shape index (κ1) is 11.8. The largest absolute Gasteiger partial charge is 0.507 e. The Morgan fingerprint density at radius 3 is 2.53 bits per heavy atom. The summed E-state index contributed by atoms with van der Waals surface area (Å²) in [6, 6.07) is 3.81. The maximum atomic E-state index is 11.0. The minimum absolute atomic E-state index is 0.0402. The van der Waals surface area contributed by atoms with E-state index in [9.17, 15) is 13.5 Å². The highest BCUT2D eigenvalue weighted by Gasteiger charge is 2.16. The van der Waals surface area contributed by atoms with Gasteiger partial charge in [-0.1, -0.05) is 0 Å². The molecule has 7 heteroatoms. The second kappa shape index (κ2) is 4.06. The fraction of sp³-hybridized carbons (Fsp3) is 0.125. The lowest BCUT2D eigenvalue weighted by molar-refractivity contribution is 0.470. The van der Waals surface area contributed by atoms with Crippen molar-refractivity contribution in [1.82, 2.24) is 0 Å². The lowest BCUT2D eigenvalue weighted by Gasteiger charge is -2.05. The van der Waals surface area contributed by atoms with E-state index >= 15 is 0 Å². The van der Waals surface area contributed by atoms with Gasteiger partial charge in [0.15, 0.2) is 0 Å². The Morgan fingerprint density at radius 2 is 2.13 bits per heavy atom. The van der Waals surface area contributed by atoms with Gasteiger partial charge in [-0.05, 0) is 11.6 Å². The number of nitriles is 1. The molecule has 0 spiro atoms. The maximum Gasteiger partial charge on any atom is 0.261 e.